The Morgan fingerprint density at radius 2 is 1.59 bits per heavy atom. The minimum Gasteiger partial charge on any atom is -0.596 e. The summed E-state index contributed by atoms with van der Waals surface area (Å²) >= 11 is 0. The largest absolute Gasteiger partial charge is 0.828 e. The van der Waals surface area contributed by atoms with Crippen molar-refractivity contribution in [2.75, 3.05) is 6.54 Å². The van der Waals surface area contributed by atoms with Gasteiger partial charge in [0.05, 0.1) is 0 Å². The third kappa shape index (κ3) is 3.42. The predicted octanol–water partition coefficient (Wildman–Crippen LogP) is 3.76. The fourth-order valence-electron chi connectivity index (χ4n) is 2.41. The summed E-state index contributed by atoms with van der Waals surface area (Å²) < 4.78 is 33.7. The smallest absolute Gasteiger partial charge is 0.596 e. The quantitative estimate of drug-likeness (QED) is 0.783. The van der Waals surface area contributed by atoms with Crippen LogP contribution in [0.1, 0.15) is 11.1 Å². The second-order valence-corrected chi connectivity index (χ2v) is 5.24. The van der Waals surface area contributed by atoms with E-state index in [1.807, 2.05) is 60.7 Å². The summed E-state index contributed by atoms with van der Waals surface area (Å²) in [5, 5.41) is 0. The summed E-state index contributed by atoms with van der Waals surface area (Å²) in [6, 6.07) is 18.9. The Kier molecular flexibility index (Phi) is 4.05. The lowest BCUT2D eigenvalue weighted by Gasteiger charge is -2.15. The van der Waals surface area contributed by atoms with Crippen LogP contribution in [-0.2, 0) is 11.1 Å². The van der Waals surface area contributed by atoms with Gasteiger partial charge in [-0.3, -0.25) is 0 Å². The van der Waals surface area contributed by atoms with Gasteiger partial charge in [-0.25, -0.2) is 0 Å². The van der Waals surface area contributed by atoms with Crippen LogP contribution in [0.15, 0.2) is 66.4 Å². The van der Waals surface area contributed by atoms with Crippen LogP contribution in [0.5, 0.6) is 0 Å². The number of halogens is 2. The van der Waals surface area contributed by atoms with Gasteiger partial charge in [0.25, 0.3) is 0 Å². The minimum absolute atomic E-state index is 0.198. The Hall–Kier alpha value is -2.43. The highest BCUT2D eigenvalue weighted by atomic mass is 19.3. The van der Waals surface area contributed by atoms with Crippen molar-refractivity contribution in [2.24, 2.45) is 0 Å². The Balaban J connectivity index is 1.75. The molecule has 1 heterocycles. The van der Waals surface area contributed by atoms with Crippen LogP contribution in [0.3, 0.4) is 0 Å². The first-order valence-corrected chi connectivity index (χ1v) is 7.25. The molecule has 2 aromatic carbocycles. The molecule has 0 spiro atoms. The fraction of sp³-hybridized carbons (Fsp3) is 0.118. The zero-order valence-electron chi connectivity index (χ0n) is 12.0. The molecule has 0 aromatic heterocycles. The van der Waals surface area contributed by atoms with Gasteiger partial charge in [0.2, 0.25) is 0 Å². The van der Waals surface area contributed by atoms with E-state index in [0.717, 1.165) is 15.6 Å². The first-order valence-electron chi connectivity index (χ1n) is 7.25. The van der Waals surface area contributed by atoms with E-state index in [1.165, 1.54) is 6.21 Å². The summed E-state index contributed by atoms with van der Waals surface area (Å²) in [5.74, 6) is 0.198. The van der Waals surface area contributed by atoms with Gasteiger partial charge in [-0.15, -0.1) is 0 Å². The molecule has 1 aliphatic rings. The van der Waals surface area contributed by atoms with E-state index >= 15 is 0 Å². The van der Waals surface area contributed by atoms with Crippen molar-refractivity contribution in [1.82, 2.24) is 0 Å². The molecule has 2 aromatic rings. The molecule has 0 unspecified atom stereocenters. The Labute approximate surface area is 128 Å². The first kappa shape index (κ1) is 14.5. The lowest BCUT2D eigenvalue weighted by molar-refractivity contribution is -0.425. The lowest BCUT2D eigenvalue weighted by atomic mass is 10.0. The molecular weight excluding hydrogens is 283 g/mol. The molecular formula is C17H16BF2NO. The van der Waals surface area contributed by atoms with Crippen LogP contribution in [0.25, 0.3) is 6.08 Å². The van der Waals surface area contributed by atoms with Gasteiger partial charge in [0, 0.05) is 6.42 Å². The van der Waals surface area contributed by atoms with Gasteiger partial charge in [-0.2, -0.15) is 0 Å². The SMILES string of the molecule is F[B-]1(F)O/C(=C\c2ccccc2)C=[N+]1CCc1ccccc1. The maximum absolute atomic E-state index is 14.0. The van der Waals surface area contributed by atoms with Gasteiger partial charge in [-0.05, 0) is 17.2 Å². The Morgan fingerprint density at radius 3 is 2.27 bits per heavy atom. The standard InChI is InChI=1S/C17H16BF2NO/c19-18(20)21(12-11-15-7-3-1-4-8-15)14-17(22-18)13-16-9-5-2-6-10-16/h1-10,13-14H,11-12H2/b17-13-. The highest BCUT2D eigenvalue weighted by Gasteiger charge is 2.50. The minimum atomic E-state index is -3.99. The van der Waals surface area contributed by atoms with Gasteiger partial charge >= 0.3 is 7.04 Å². The van der Waals surface area contributed by atoms with E-state index in [9.17, 15) is 8.63 Å². The van der Waals surface area contributed by atoms with Crippen molar-refractivity contribution >= 4 is 19.3 Å². The van der Waals surface area contributed by atoms with Crippen LogP contribution >= 0.6 is 0 Å². The average Bonchev–Trinajstić information content (AvgIpc) is 2.81. The number of benzene rings is 2. The topological polar surface area (TPSA) is 12.2 Å². The summed E-state index contributed by atoms with van der Waals surface area (Å²) in [6.45, 7) is 0.225. The van der Waals surface area contributed by atoms with Gasteiger partial charge in [0.1, 0.15) is 12.3 Å². The molecule has 5 heteroatoms. The number of hydrogen-bond donors (Lipinski definition) is 0. The van der Waals surface area contributed by atoms with Crippen molar-refractivity contribution in [3.8, 4) is 0 Å². The van der Waals surface area contributed by atoms with Crippen molar-refractivity contribution in [3.63, 3.8) is 0 Å². The molecule has 3 rings (SSSR count). The van der Waals surface area contributed by atoms with Crippen LogP contribution < -0.4 is 0 Å². The maximum atomic E-state index is 14.0. The van der Waals surface area contributed by atoms with Gasteiger partial charge in [-0.1, -0.05) is 60.7 Å². The normalized spacial score (nSPS) is 18.1. The molecule has 2 nitrogen and oxygen atoms in total. The molecule has 112 valence electrons. The number of rotatable bonds is 4. The molecule has 0 saturated carbocycles. The Morgan fingerprint density at radius 1 is 0.955 bits per heavy atom. The van der Waals surface area contributed by atoms with E-state index in [0.29, 0.717) is 6.42 Å². The van der Waals surface area contributed by atoms with Gasteiger partial charge < -0.3 is 17.8 Å². The van der Waals surface area contributed by atoms with E-state index in [2.05, 4.69) is 0 Å². The lowest BCUT2D eigenvalue weighted by Crippen LogP contribution is -2.38. The molecule has 0 fully saturated rings. The summed E-state index contributed by atoms with van der Waals surface area (Å²) in [7, 11) is -3.99. The van der Waals surface area contributed by atoms with Crippen LogP contribution in [0.2, 0.25) is 0 Å². The summed E-state index contributed by atoms with van der Waals surface area (Å²) in [4.78, 5) is 0. The number of allylic oxidation sites excluding steroid dienone is 1. The van der Waals surface area contributed by atoms with Crippen molar-refractivity contribution in [1.29, 1.82) is 0 Å². The molecule has 0 N–H and O–H groups in total. The van der Waals surface area contributed by atoms with E-state index in [1.54, 1.807) is 6.08 Å². The molecule has 0 radical (unpaired) electrons. The van der Waals surface area contributed by atoms with E-state index < -0.39 is 7.04 Å². The molecule has 0 aliphatic carbocycles. The monoisotopic (exact) mass is 299 g/mol. The van der Waals surface area contributed by atoms with Crippen LogP contribution in [0, 0.1) is 0 Å². The zero-order chi connectivity index (χ0) is 15.4. The fourth-order valence-corrected chi connectivity index (χ4v) is 2.41. The molecule has 0 atom stereocenters. The van der Waals surface area contributed by atoms with Crippen molar-refractivity contribution in [3.05, 3.63) is 77.5 Å². The second-order valence-electron chi connectivity index (χ2n) is 5.24. The van der Waals surface area contributed by atoms with E-state index in [4.69, 9.17) is 4.65 Å². The first-order chi connectivity index (χ1) is 10.6. The highest BCUT2D eigenvalue weighted by molar-refractivity contribution is 6.52. The summed E-state index contributed by atoms with van der Waals surface area (Å²) in [5.41, 5.74) is 1.87. The molecule has 0 amide bonds. The van der Waals surface area contributed by atoms with Crippen LogP contribution in [-0.4, -0.2) is 24.3 Å². The molecule has 0 bridgehead atoms. The summed E-state index contributed by atoms with van der Waals surface area (Å²) in [6.07, 6.45) is 3.57. The average molecular weight is 299 g/mol. The van der Waals surface area contributed by atoms with Crippen molar-refractivity contribution in [2.45, 2.75) is 6.42 Å². The van der Waals surface area contributed by atoms with E-state index in [-0.39, 0.29) is 12.3 Å². The number of nitrogens with zero attached hydrogens (tertiary/aromatic N) is 1. The Bertz CT molecular complexity index is 699. The highest BCUT2D eigenvalue weighted by Crippen LogP contribution is 2.23. The van der Waals surface area contributed by atoms with Crippen molar-refractivity contribution < 1.29 is 17.8 Å². The third-order valence-corrected chi connectivity index (χ3v) is 3.57. The predicted molar refractivity (Wildman–Crippen MR) is 84.8 cm³/mol. The zero-order valence-corrected chi connectivity index (χ0v) is 12.0. The third-order valence-electron chi connectivity index (χ3n) is 3.57. The van der Waals surface area contributed by atoms with Gasteiger partial charge in [0.15, 0.2) is 6.21 Å². The molecule has 1 aliphatic heterocycles. The molecule has 0 saturated heterocycles. The molecule has 22 heavy (non-hydrogen) atoms. The van der Waals surface area contributed by atoms with Crippen LogP contribution in [0.4, 0.5) is 8.63 Å². The second kappa shape index (κ2) is 6.14. The number of hydrogen-bond acceptors (Lipinski definition) is 1. The maximum Gasteiger partial charge on any atom is 0.828 e.